The second kappa shape index (κ2) is 66.1. The van der Waals surface area contributed by atoms with Gasteiger partial charge in [0.1, 0.15) is 13.2 Å². The highest BCUT2D eigenvalue weighted by Crippen LogP contribution is 2.18. The summed E-state index contributed by atoms with van der Waals surface area (Å²) >= 11 is 0. The van der Waals surface area contributed by atoms with E-state index < -0.39 is 6.10 Å². The van der Waals surface area contributed by atoms with Gasteiger partial charge >= 0.3 is 17.9 Å². The van der Waals surface area contributed by atoms with Crippen LogP contribution in [0.4, 0.5) is 0 Å². The number of unbranched alkanes of at least 4 members (excludes halogenated alkanes) is 47. The molecule has 77 heavy (non-hydrogen) atoms. The Morgan fingerprint density at radius 3 is 0.766 bits per heavy atom. The van der Waals surface area contributed by atoms with Crippen LogP contribution in [0.1, 0.15) is 380 Å². The lowest BCUT2D eigenvalue weighted by atomic mass is 10.0. The summed E-state index contributed by atoms with van der Waals surface area (Å²) in [6, 6.07) is 0. The zero-order valence-corrected chi connectivity index (χ0v) is 52.0. The summed E-state index contributed by atoms with van der Waals surface area (Å²) in [7, 11) is 0. The van der Waals surface area contributed by atoms with Gasteiger partial charge in [-0.15, -0.1) is 0 Å². The van der Waals surface area contributed by atoms with E-state index in [1.807, 2.05) is 0 Å². The van der Waals surface area contributed by atoms with Crippen LogP contribution in [0.15, 0.2) is 36.5 Å². The third kappa shape index (κ3) is 64.3. The van der Waals surface area contributed by atoms with Gasteiger partial charge in [0.05, 0.1) is 0 Å². The Morgan fingerprint density at radius 1 is 0.260 bits per heavy atom. The zero-order valence-electron chi connectivity index (χ0n) is 52.0. The Bertz CT molecular complexity index is 1290. The zero-order chi connectivity index (χ0) is 55.7. The summed E-state index contributed by atoms with van der Waals surface area (Å²) in [5, 5.41) is 0. The first kappa shape index (κ1) is 74.6. The molecule has 0 saturated carbocycles. The molecule has 1 atom stereocenters. The minimum atomic E-state index is -0.776. The summed E-state index contributed by atoms with van der Waals surface area (Å²) < 4.78 is 16.9. The van der Waals surface area contributed by atoms with E-state index in [1.165, 1.54) is 270 Å². The average Bonchev–Trinajstić information content (AvgIpc) is 3.43. The van der Waals surface area contributed by atoms with Crippen LogP contribution in [0.2, 0.25) is 0 Å². The predicted octanol–water partition coefficient (Wildman–Crippen LogP) is 23.6. The SMILES string of the molecule is CCCC/C=C\CCCCCCCC(=O)OCC(COC(=O)CCCCCCCCCCCCCCCCCCCCCCCCCCCCC)OC(=O)CCCCCCCCCCC/C=C\C/C=C\CCCCCCC. The molecule has 1 unspecified atom stereocenters. The van der Waals surface area contributed by atoms with Crippen LogP contribution >= 0.6 is 0 Å². The van der Waals surface area contributed by atoms with Gasteiger partial charge < -0.3 is 14.2 Å². The lowest BCUT2D eigenvalue weighted by molar-refractivity contribution is -0.167. The molecule has 0 aliphatic carbocycles. The largest absolute Gasteiger partial charge is 0.462 e. The summed E-state index contributed by atoms with van der Waals surface area (Å²) in [5.41, 5.74) is 0. The van der Waals surface area contributed by atoms with Gasteiger partial charge in [0.15, 0.2) is 6.10 Å². The highest BCUT2D eigenvalue weighted by atomic mass is 16.6. The van der Waals surface area contributed by atoms with Crippen molar-refractivity contribution >= 4 is 17.9 Å². The summed E-state index contributed by atoms with van der Waals surface area (Å²) in [6.45, 7) is 6.65. The van der Waals surface area contributed by atoms with E-state index in [4.69, 9.17) is 14.2 Å². The molecule has 0 aromatic heterocycles. The maximum absolute atomic E-state index is 12.9. The standard InChI is InChI=1S/C71H132O6/c1-4-7-10-13-16-19-22-24-26-28-30-32-33-34-35-36-37-39-40-42-44-46-49-52-55-58-61-64-70(73)76-67-68(66-75-69(72)63-60-57-54-51-48-21-18-15-12-9-6-3)77-71(74)65-62-59-56-53-50-47-45-43-41-38-31-29-27-25-23-20-17-14-11-8-5-2/h15,18,23,25,29,31,68H,4-14,16-17,19-22,24,26-28,30,32-67H2,1-3H3/b18-15-,25-23-,31-29-. The Hall–Kier alpha value is -2.37. The normalized spacial score (nSPS) is 12.2. The van der Waals surface area contributed by atoms with Crippen molar-refractivity contribution in [2.75, 3.05) is 13.2 Å². The van der Waals surface area contributed by atoms with Crippen LogP contribution in [0.3, 0.4) is 0 Å². The smallest absolute Gasteiger partial charge is 0.306 e. The van der Waals surface area contributed by atoms with E-state index in [1.54, 1.807) is 0 Å². The number of allylic oxidation sites excluding steroid dienone is 6. The van der Waals surface area contributed by atoms with Gasteiger partial charge in [-0.05, 0) is 70.6 Å². The van der Waals surface area contributed by atoms with E-state index in [0.29, 0.717) is 19.3 Å². The van der Waals surface area contributed by atoms with Gasteiger partial charge in [0.25, 0.3) is 0 Å². The van der Waals surface area contributed by atoms with Crippen molar-refractivity contribution in [1.82, 2.24) is 0 Å². The number of esters is 3. The van der Waals surface area contributed by atoms with Crippen LogP contribution in [0.5, 0.6) is 0 Å². The molecule has 0 aromatic rings. The molecular formula is C71H132O6. The quantitative estimate of drug-likeness (QED) is 0.0261. The van der Waals surface area contributed by atoms with Gasteiger partial charge in [-0.3, -0.25) is 14.4 Å². The number of carbonyl (C=O) groups is 3. The first-order chi connectivity index (χ1) is 38.0. The fourth-order valence-corrected chi connectivity index (χ4v) is 10.4. The van der Waals surface area contributed by atoms with E-state index >= 15 is 0 Å². The molecule has 0 bridgehead atoms. The predicted molar refractivity (Wildman–Crippen MR) is 335 cm³/mol. The van der Waals surface area contributed by atoms with Crippen molar-refractivity contribution in [2.45, 2.75) is 386 Å². The van der Waals surface area contributed by atoms with E-state index in [9.17, 15) is 14.4 Å². The average molecular weight is 1080 g/mol. The molecule has 6 nitrogen and oxygen atoms in total. The number of rotatable bonds is 64. The number of hydrogen-bond donors (Lipinski definition) is 0. The van der Waals surface area contributed by atoms with Gasteiger partial charge in [-0.1, -0.05) is 327 Å². The molecule has 6 heteroatoms. The number of carbonyl (C=O) groups excluding carboxylic acids is 3. The second-order valence-corrected chi connectivity index (χ2v) is 23.4. The lowest BCUT2D eigenvalue weighted by Crippen LogP contribution is -2.30. The molecule has 0 saturated heterocycles. The van der Waals surface area contributed by atoms with Crippen molar-refractivity contribution in [1.29, 1.82) is 0 Å². The minimum Gasteiger partial charge on any atom is -0.462 e. The molecule has 0 spiro atoms. The Morgan fingerprint density at radius 2 is 0.481 bits per heavy atom. The molecule has 0 aliphatic rings. The van der Waals surface area contributed by atoms with Crippen molar-refractivity contribution in [2.24, 2.45) is 0 Å². The van der Waals surface area contributed by atoms with Crippen LogP contribution in [-0.2, 0) is 28.6 Å². The van der Waals surface area contributed by atoms with Crippen LogP contribution in [0, 0.1) is 0 Å². The lowest BCUT2D eigenvalue weighted by Gasteiger charge is -2.18. The fourth-order valence-electron chi connectivity index (χ4n) is 10.4. The highest BCUT2D eigenvalue weighted by Gasteiger charge is 2.19. The van der Waals surface area contributed by atoms with Crippen molar-refractivity contribution < 1.29 is 28.6 Å². The topological polar surface area (TPSA) is 78.9 Å². The summed E-state index contributed by atoms with van der Waals surface area (Å²) in [4.78, 5) is 38.3. The van der Waals surface area contributed by atoms with Crippen LogP contribution in [0.25, 0.3) is 0 Å². The van der Waals surface area contributed by atoms with Crippen LogP contribution < -0.4 is 0 Å². The second-order valence-electron chi connectivity index (χ2n) is 23.4. The summed E-state index contributed by atoms with van der Waals surface area (Å²) in [5.74, 6) is -0.862. The highest BCUT2D eigenvalue weighted by molar-refractivity contribution is 5.71. The molecule has 452 valence electrons. The Labute approximate surface area is 480 Å². The van der Waals surface area contributed by atoms with Crippen molar-refractivity contribution in [3.63, 3.8) is 0 Å². The number of ether oxygens (including phenoxy) is 3. The molecule has 0 aliphatic heterocycles. The molecule has 0 aromatic carbocycles. The van der Waals surface area contributed by atoms with Gasteiger partial charge in [-0.2, -0.15) is 0 Å². The maximum Gasteiger partial charge on any atom is 0.306 e. The molecular weight excluding hydrogens is 949 g/mol. The maximum atomic E-state index is 12.9. The molecule has 0 amide bonds. The number of hydrogen-bond acceptors (Lipinski definition) is 6. The van der Waals surface area contributed by atoms with Gasteiger partial charge in [0.2, 0.25) is 0 Å². The fraction of sp³-hybridized carbons (Fsp3) is 0.873. The molecule has 0 N–H and O–H groups in total. The molecule has 0 rings (SSSR count). The van der Waals surface area contributed by atoms with Crippen molar-refractivity contribution in [3.8, 4) is 0 Å². The van der Waals surface area contributed by atoms with Gasteiger partial charge in [-0.25, -0.2) is 0 Å². The van der Waals surface area contributed by atoms with E-state index in [-0.39, 0.29) is 31.1 Å². The van der Waals surface area contributed by atoms with Gasteiger partial charge in [0, 0.05) is 19.3 Å². The van der Waals surface area contributed by atoms with E-state index in [0.717, 1.165) is 70.6 Å². The Balaban J connectivity index is 4.17. The Kier molecular flexibility index (Phi) is 64.1. The third-order valence-corrected chi connectivity index (χ3v) is 15.6. The molecule has 0 fully saturated rings. The minimum absolute atomic E-state index is 0.0722. The third-order valence-electron chi connectivity index (χ3n) is 15.6. The first-order valence-corrected chi connectivity index (χ1v) is 34.5. The molecule has 0 radical (unpaired) electrons. The summed E-state index contributed by atoms with van der Waals surface area (Å²) in [6.07, 6.45) is 81.8. The van der Waals surface area contributed by atoms with Crippen LogP contribution in [-0.4, -0.2) is 37.2 Å². The van der Waals surface area contributed by atoms with Crippen molar-refractivity contribution in [3.05, 3.63) is 36.5 Å². The van der Waals surface area contributed by atoms with E-state index in [2.05, 4.69) is 57.2 Å². The monoisotopic (exact) mass is 1080 g/mol. The molecule has 0 heterocycles. The first-order valence-electron chi connectivity index (χ1n) is 34.5.